The Bertz CT molecular complexity index is 455. The summed E-state index contributed by atoms with van der Waals surface area (Å²) >= 11 is 0. The average molecular weight is 246 g/mol. The highest BCUT2D eigenvalue weighted by atomic mass is 15.3. The van der Waals surface area contributed by atoms with Crippen LogP contribution < -0.4 is 5.32 Å². The van der Waals surface area contributed by atoms with Gasteiger partial charge in [0.1, 0.15) is 17.5 Å². The minimum absolute atomic E-state index is 0.491. The fourth-order valence-electron chi connectivity index (χ4n) is 3.02. The molecule has 1 N–H and O–H groups in total. The van der Waals surface area contributed by atoms with Crippen molar-refractivity contribution in [3.8, 4) is 6.07 Å². The Morgan fingerprint density at radius 1 is 1.44 bits per heavy atom. The molecule has 0 spiro atoms. The monoisotopic (exact) mass is 246 g/mol. The largest absolute Gasteiger partial charge is 0.366 e. The van der Waals surface area contributed by atoms with Gasteiger partial charge in [-0.3, -0.25) is 4.68 Å². The van der Waals surface area contributed by atoms with Gasteiger partial charge in [0.15, 0.2) is 0 Å². The van der Waals surface area contributed by atoms with Gasteiger partial charge in [-0.15, -0.1) is 0 Å². The predicted molar refractivity (Wildman–Crippen MR) is 72.3 cm³/mol. The van der Waals surface area contributed by atoms with Crippen LogP contribution in [0.3, 0.4) is 0 Å². The molecule has 1 heterocycles. The summed E-state index contributed by atoms with van der Waals surface area (Å²) in [5.41, 5.74) is 1.50. The molecule has 4 nitrogen and oxygen atoms in total. The molecular weight excluding hydrogens is 224 g/mol. The minimum atomic E-state index is 0.491. The maximum Gasteiger partial charge on any atom is 0.142 e. The van der Waals surface area contributed by atoms with Gasteiger partial charge in [0, 0.05) is 13.1 Å². The van der Waals surface area contributed by atoms with E-state index in [1.807, 2.05) is 14.0 Å². The van der Waals surface area contributed by atoms with Crippen LogP contribution in [0.4, 0.5) is 5.82 Å². The molecule has 1 saturated carbocycles. The van der Waals surface area contributed by atoms with Gasteiger partial charge in [-0.25, -0.2) is 0 Å². The molecule has 2 unspecified atom stereocenters. The molecule has 1 aromatic heterocycles. The Kier molecular flexibility index (Phi) is 3.90. The van der Waals surface area contributed by atoms with Gasteiger partial charge >= 0.3 is 0 Å². The molecule has 1 aliphatic carbocycles. The summed E-state index contributed by atoms with van der Waals surface area (Å²) in [7, 11) is 1.90. The van der Waals surface area contributed by atoms with Crippen molar-refractivity contribution in [1.29, 1.82) is 5.26 Å². The molecule has 0 radical (unpaired) electrons. The van der Waals surface area contributed by atoms with E-state index in [-0.39, 0.29) is 0 Å². The number of rotatable bonds is 3. The van der Waals surface area contributed by atoms with Crippen LogP contribution in [0.15, 0.2) is 0 Å². The zero-order valence-corrected chi connectivity index (χ0v) is 11.5. The predicted octanol–water partition coefficient (Wildman–Crippen LogP) is 2.98. The lowest BCUT2D eigenvalue weighted by atomic mass is 9.83. The lowest BCUT2D eigenvalue weighted by Crippen LogP contribution is -2.32. The highest BCUT2D eigenvalue weighted by Gasteiger charge is 2.25. The molecule has 0 amide bonds. The van der Waals surface area contributed by atoms with Crippen molar-refractivity contribution in [2.24, 2.45) is 13.0 Å². The van der Waals surface area contributed by atoms with E-state index < -0.39 is 0 Å². The summed E-state index contributed by atoms with van der Waals surface area (Å²) in [6.07, 6.45) is 6.33. The highest BCUT2D eigenvalue weighted by Crippen LogP contribution is 2.30. The van der Waals surface area contributed by atoms with E-state index >= 15 is 0 Å². The number of anilines is 1. The van der Waals surface area contributed by atoms with Crippen molar-refractivity contribution in [2.75, 3.05) is 5.32 Å². The number of nitriles is 1. The molecule has 0 saturated heterocycles. The summed E-state index contributed by atoms with van der Waals surface area (Å²) in [5.74, 6) is 1.61. The van der Waals surface area contributed by atoms with Gasteiger partial charge < -0.3 is 5.32 Å². The SMILES string of the molecule is CCC1CCCCC1Nc1c(C#N)c(C)nn1C. The summed E-state index contributed by atoms with van der Waals surface area (Å²) in [6.45, 7) is 4.15. The molecule has 0 aliphatic heterocycles. The maximum absolute atomic E-state index is 9.22. The summed E-state index contributed by atoms with van der Waals surface area (Å²) in [4.78, 5) is 0. The van der Waals surface area contributed by atoms with Gasteiger partial charge in [-0.05, 0) is 25.7 Å². The molecule has 0 aromatic carbocycles. The molecule has 2 atom stereocenters. The molecule has 0 bridgehead atoms. The van der Waals surface area contributed by atoms with E-state index in [0.717, 1.165) is 17.4 Å². The van der Waals surface area contributed by atoms with E-state index in [1.54, 1.807) is 4.68 Å². The van der Waals surface area contributed by atoms with E-state index in [2.05, 4.69) is 23.4 Å². The van der Waals surface area contributed by atoms with Crippen molar-refractivity contribution in [1.82, 2.24) is 9.78 Å². The Labute approximate surface area is 109 Å². The van der Waals surface area contributed by atoms with Crippen LogP contribution in [0.2, 0.25) is 0 Å². The third kappa shape index (κ3) is 2.35. The first-order valence-electron chi connectivity index (χ1n) is 6.87. The summed E-state index contributed by atoms with van der Waals surface area (Å²) in [6, 6.07) is 2.75. The van der Waals surface area contributed by atoms with Crippen LogP contribution >= 0.6 is 0 Å². The second-order valence-electron chi connectivity index (χ2n) is 5.25. The first-order chi connectivity index (χ1) is 8.67. The minimum Gasteiger partial charge on any atom is -0.366 e. The van der Waals surface area contributed by atoms with E-state index in [1.165, 1.54) is 32.1 Å². The topological polar surface area (TPSA) is 53.6 Å². The number of aromatic nitrogens is 2. The third-order valence-electron chi connectivity index (χ3n) is 4.09. The second kappa shape index (κ2) is 5.43. The molecule has 18 heavy (non-hydrogen) atoms. The third-order valence-corrected chi connectivity index (χ3v) is 4.09. The van der Waals surface area contributed by atoms with Gasteiger partial charge in [-0.1, -0.05) is 26.2 Å². The Morgan fingerprint density at radius 2 is 2.17 bits per heavy atom. The van der Waals surface area contributed by atoms with E-state index in [9.17, 15) is 5.26 Å². The molecule has 1 aromatic rings. The molecular formula is C14H22N4. The average Bonchev–Trinajstić information content (AvgIpc) is 2.64. The number of nitrogens with zero attached hydrogens (tertiary/aromatic N) is 3. The first kappa shape index (κ1) is 12.9. The molecule has 98 valence electrons. The van der Waals surface area contributed by atoms with Crippen molar-refractivity contribution >= 4 is 5.82 Å². The first-order valence-corrected chi connectivity index (χ1v) is 6.87. The van der Waals surface area contributed by atoms with E-state index in [4.69, 9.17) is 0 Å². The van der Waals surface area contributed by atoms with Crippen LogP contribution in [0.1, 0.15) is 50.3 Å². The van der Waals surface area contributed by atoms with Gasteiger partial charge in [-0.2, -0.15) is 10.4 Å². The van der Waals surface area contributed by atoms with Gasteiger partial charge in [0.2, 0.25) is 0 Å². The molecule has 2 rings (SSSR count). The molecule has 1 aliphatic rings. The number of nitrogens with one attached hydrogen (secondary N) is 1. The molecule has 4 heteroatoms. The second-order valence-corrected chi connectivity index (χ2v) is 5.25. The lowest BCUT2D eigenvalue weighted by Gasteiger charge is -2.32. The van der Waals surface area contributed by atoms with Crippen LogP contribution in [0.5, 0.6) is 0 Å². The number of aryl methyl sites for hydroxylation is 2. The van der Waals surface area contributed by atoms with Crippen LogP contribution in [0.25, 0.3) is 0 Å². The number of hydrogen-bond donors (Lipinski definition) is 1. The summed E-state index contributed by atoms with van der Waals surface area (Å²) < 4.78 is 1.80. The van der Waals surface area contributed by atoms with Crippen molar-refractivity contribution in [2.45, 2.75) is 52.0 Å². The zero-order valence-electron chi connectivity index (χ0n) is 11.5. The van der Waals surface area contributed by atoms with Crippen molar-refractivity contribution in [3.63, 3.8) is 0 Å². The normalized spacial score (nSPS) is 23.7. The fraction of sp³-hybridized carbons (Fsp3) is 0.714. The zero-order chi connectivity index (χ0) is 13.1. The standard InChI is InChI=1S/C14H22N4/c1-4-11-7-5-6-8-13(11)16-14-12(9-15)10(2)17-18(14)3/h11,13,16H,4-8H2,1-3H3. The Hall–Kier alpha value is -1.50. The van der Waals surface area contributed by atoms with Gasteiger partial charge in [0.05, 0.1) is 5.69 Å². The lowest BCUT2D eigenvalue weighted by molar-refractivity contribution is 0.316. The van der Waals surface area contributed by atoms with Crippen LogP contribution in [0, 0.1) is 24.2 Å². The Balaban J connectivity index is 2.20. The Morgan fingerprint density at radius 3 is 2.83 bits per heavy atom. The maximum atomic E-state index is 9.22. The van der Waals surface area contributed by atoms with Crippen molar-refractivity contribution in [3.05, 3.63) is 11.3 Å². The quantitative estimate of drug-likeness (QED) is 0.892. The van der Waals surface area contributed by atoms with Gasteiger partial charge in [0.25, 0.3) is 0 Å². The molecule has 1 fully saturated rings. The van der Waals surface area contributed by atoms with Crippen molar-refractivity contribution < 1.29 is 0 Å². The van der Waals surface area contributed by atoms with Crippen LogP contribution in [-0.4, -0.2) is 15.8 Å². The van der Waals surface area contributed by atoms with Crippen LogP contribution in [-0.2, 0) is 7.05 Å². The fourth-order valence-corrected chi connectivity index (χ4v) is 3.02. The highest BCUT2D eigenvalue weighted by molar-refractivity contribution is 5.55. The smallest absolute Gasteiger partial charge is 0.142 e. The summed E-state index contributed by atoms with van der Waals surface area (Å²) in [5, 5.41) is 17.1. The van der Waals surface area contributed by atoms with E-state index in [0.29, 0.717) is 11.6 Å². The number of hydrogen-bond acceptors (Lipinski definition) is 3.